The molecule has 0 spiro atoms. The van der Waals surface area contributed by atoms with Gasteiger partial charge in [0.1, 0.15) is 11.5 Å². The Bertz CT molecular complexity index is 1190. The Morgan fingerprint density at radius 3 is 2.22 bits per heavy atom. The molecule has 202 valence electrons. The van der Waals surface area contributed by atoms with E-state index in [4.69, 9.17) is 19.4 Å². The van der Waals surface area contributed by atoms with Crippen LogP contribution in [0.5, 0.6) is 11.5 Å². The number of sulfone groups is 1. The van der Waals surface area contributed by atoms with Crippen LogP contribution in [0.4, 0.5) is 13.2 Å². The number of amides is 1. The summed E-state index contributed by atoms with van der Waals surface area (Å²) in [5.74, 6) is -0.240. The highest BCUT2D eigenvalue weighted by atomic mass is 32.2. The summed E-state index contributed by atoms with van der Waals surface area (Å²) in [4.78, 5) is 12.2. The number of allylic oxidation sites excluding steroid dienone is 2. The van der Waals surface area contributed by atoms with Gasteiger partial charge in [0, 0.05) is 13.2 Å². The Kier molecular flexibility index (Phi) is 9.21. The van der Waals surface area contributed by atoms with Gasteiger partial charge in [0.2, 0.25) is 0 Å². The maximum atomic E-state index is 13.5. The van der Waals surface area contributed by atoms with Crippen molar-refractivity contribution in [1.29, 1.82) is 0 Å². The van der Waals surface area contributed by atoms with Crippen molar-refractivity contribution in [2.75, 3.05) is 26.9 Å². The molecule has 2 aromatic carbocycles. The summed E-state index contributed by atoms with van der Waals surface area (Å²) in [6, 6.07) is 11.0. The van der Waals surface area contributed by atoms with Gasteiger partial charge in [-0.05, 0) is 67.6 Å². The van der Waals surface area contributed by atoms with Crippen molar-refractivity contribution in [2.24, 2.45) is 0 Å². The SMILES string of the molecule is COc1ccc(/C(=C/CCCOc2ccc(S(=O)(=O)C3(C(=O)NO)CCOCC3)cc2)C(F)(F)F)cc1. The molecule has 0 aromatic heterocycles. The second-order valence-corrected chi connectivity index (χ2v) is 10.6. The smallest absolute Gasteiger partial charge is 0.416 e. The van der Waals surface area contributed by atoms with Gasteiger partial charge in [-0.3, -0.25) is 10.0 Å². The van der Waals surface area contributed by atoms with Crippen LogP contribution in [0, 0.1) is 0 Å². The quantitative estimate of drug-likeness (QED) is 0.261. The van der Waals surface area contributed by atoms with Crippen molar-refractivity contribution < 1.29 is 45.8 Å². The zero-order chi connectivity index (χ0) is 27.1. The van der Waals surface area contributed by atoms with Crippen molar-refractivity contribution in [3.63, 3.8) is 0 Å². The Labute approximate surface area is 212 Å². The van der Waals surface area contributed by atoms with Crippen LogP contribution >= 0.6 is 0 Å². The minimum atomic E-state index is -4.52. The maximum Gasteiger partial charge on any atom is 0.416 e. The third-order valence-corrected chi connectivity index (χ3v) is 8.65. The number of rotatable bonds is 10. The predicted molar refractivity (Wildman–Crippen MR) is 128 cm³/mol. The standard InChI is InChI=1S/C25H28F3NO7S/c1-34-19-7-5-18(6-8-19)22(25(26,27)28)4-2-3-15-36-20-9-11-21(12-10-20)37(32,33)24(23(30)29-31)13-16-35-17-14-24/h4-12,31H,2-3,13-17H2,1H3,(H,29,30)/b22-4-. The number of carbonyl (C=O) groups excluding carboxylic acids is 1. The molecule has 8 nitrogen and oxygen atoms in total. The highest BCUT2D eigenvalue weighted by Crippen LogP contribution is 2.36. The Morgan fingerprint density at radius 2 is 1.68 bits per heavy atom. The van der Waals surface area contributed by atoms with Crippen LogP contribution in [0.25, 0.3) is 5.57 Å². The fourth-order valence-corrected chi connectivity index (χ4v) is 5.99. The molecule has 0 unspecified atom stereocenters. The van der Waals surface area contributed by atoms with Gasteiger partial charge >= 0.3 is 6.18 Å². The van der Waals surface area contributed by atoms with Crippen molar-refractivity contribution in [3.8, 4) is 11.5 Å². The van der Waals surface area contributed by atoms with E-state index in [9.17, 15) is 26.4 Å². The van der Waals surface area contributed by atoms with E-state index in [0.29, 0.717) is 11.5 Å². The lowest BCUT2D eigenvalue weighted by Gasteiger charge is -2.34. The number of hydrogen-bond donors (Lipinski definition) is 2. The number of methoxy groups -OCH3 is 1. The molecule has 0 saturated carbocycles. The molecule has 0 radical (unpaired) electrons. The molecule has 3 rings (SSSR count). The lowest BCUT2D eigenvalue weighted by Crippen LogP contribution is -2.54. The molecule has 37 heavy (non-hydrogen) atoms. The first-order valence-corrected chi connectivity index (χ1v) is 12.9. The highest BCUT2D eigenvalue weighted by molar-refractivity contribution is 7.93. The number of halogens is 3. The van der Waals surface area contributed by atoms with E-state index in [0.717, 1.165) is 6.08 Å². The third-order valence-electron chi connectivity index (χ3n) is 6.14. The highest BCUT2D eigenvalue weighted by Gasteiger charge is 2.52. The number of benzene rings is 2. The van der Waals surface area contributed by atoms with E-state index < -0.39 is 32.2 Å². The zero-order valence-electron chi connectivity index (χ0n) is 20.1. The molecular weight excluding hydrogens is 515 g/mol. The van der Waals surface area contributed by atoms with Crippen LogP contribution in [-0.4, -0.2) is 57.4 Å². The first-order chi connectivity index (χ1) is 17.5. The van der Waals surface area contributed by atoms with Crippen molar-refractivity contribution in [2.45, 2.75) is 41.5 Å². The molecule has 1 aliphatic heterocycles. The van der Waals surface area contributed by atoms with E-state index in [1.165, 1.54) is 61.1 Å². The molecular formula is C25H28F3NO7S. The average Bonchev–Trinajstić information content (AvgIpc) is 2.90. The lowest BCUT2D eigenvalue weighted by molar-refractivity contribution is -0.134. The molecule has 1 saturated heterocycles. The number of unbranched alkanes of at least 4 members (excludes halogenated alkanes) is 1. The number of hydrogen-bond acceptors (Lipinski definition) is 7. The van der Waals surface area contributed by atoms with Gasteiger partial charge in [0.25, 0.3) is 5.91 Å². The van der Waals surface area contributed by atoms with Crippen LogP contribution in [0.2, 0.25) is 0 Å². The number of nitrogens with one attached hydrogen (secondary N) is 1. The number of ether oxygens (including phenoxy) is 3. The van der Waals surface area contributed by atoms with Gasteiger partial charge in [-0.25, -0.2) is 13.9 Å². The fourth-order valence-electron chi connectivity index (χ4n) is 4.05. The average molecular weight is 544 g/mol. The summed E-state index contributed by atoms with van der Waals surface area (Å²) < 4.78 is 80.9. The van der Waals surface area contributed by atoms with Gasteiger partial charge < -0.3 is 14.2 Å². The fraction of sp³-hybridized carbons (Fsp3) is 0.400. The molecule has 2 N–H and O–H groups in total. The van der Waals surface area contributed by atoms with Crippen molar-refractivity contribution >= 4 is 21.3 Å². The predicted octanol–water partition coefficient (Wildman–Crippen LogP) is 4.33. The topological polar surface area (TPSA) is 111 Å². The van der Waals surface area contributed by atoms with E-state index in [1.807, 2.05) is 0 Å². The minimum Gasteiger partial charge on any atom is -0.497 e. The van der Waals surface area contributed by atoms with Crippen LogP contribution in [0.3, 0.4) is 0 Å². The van der Waals surface area contributed by atoms with Gasteiger partial charge in [-0.2, -0.15) is 13.2 Å². The van der Waals surface area contributed by atoms with Crippen LogP contribution in [-0.2, 0) is 19.4 Å². The van der Waals surface area contributed by atoms with Crippen LogP contribution in [0.15, 0.2) is 59.5 Å². The molecule has 12 heteroatoms. The van der Waals surface area contributed by atoms with E-state index in [-0.39, 0.29) is 56.0 Å². The maximum absolute atomic E-state index is 13.5. The molecule has 1 aliphatic rings. The third kappa shape index (κ3) is 6.43. The van der Waals surface area contributed by atoms with Gasteiger partial charge in [0.05, 0.1) is 24.2 Å². The normalized spacial score (nSPS) is 16.2. The van der Waals surface area contributed by atoms with E-state index >= 15 is 0 Å². The minimum absolute atomic E-state index is 0.0307. The number of alkyl halides is 3. The van der Waals surface area contributed by atoms with Crippen molar-refractivity contribution in [3.05, 3.63) is 60.2 Å². The molecule has 1 amide bonds. The molecule has 2 aromatic rings. The van der Waals surface area contributed by atoms with Crippen molar-refractivity contribution in [1.82, 2.24) is 5.48 Å². The molecule has 0 atom stereocenters. The number of carbonyl (C=O) groups is 1. The molecule has 1 heterocycles. The Morgan fingerprint density at radius 1 is 1.08 bits per heavy atom. The van der Waals surface area contributed by atoms with Gasteiger partial charge in [-0.15, -0.1) is 0 Å². The Balaban J connectivity index is 1.62. The Hall–Kier alpha value is -3.09. The van der Waals surface area contributed by atoms with Crippen LogP contribution < -0.4 is 15.0 Å². The van der Waals surface area contributed by atoms with E-state index in [2.05, 4.69) is 0 Å². The molecule has 0 bridgehead atoms. The summed E-state index contributed by atoms with van der Waals surface area (Å²) in [5.41, 5.74) is 0.736. The summed E-state index contributed by atoms with van der Waals surface area (Å²) >= 11 is 0. The van der Waals surface area contributed by atoms with Gasteiger partial charge in [0.15, 0.2) is 14.6 Å². The summed E-state index contributed by atoms with van der Waals surface area (Å²) in [5, 5.41) is 9.12. The summed E-state index contributed by atoms with van der Waals surface area (Å²) in [7, 11) is -2.73. The second kappa shape index (κ2) is 12.0. The first kappa shape index (κ1) is 28.5. The number of hydroxylamine groups is 1. The monoisotopic (exact) mass is 543 g/mol. The van der Waals surface area contributed by atoms with E-state index in [1.54, 1.807) is 0 Å². The van der Waals surface area contributed by atoms with Crippen LogP contribution in [0.1, 0.15) is 31.2 Å². The molecule has 0 aliphatic carbocycles. The van der Waals surface area contributed by atoms with Gasteiger partial charge in [-0.1, -0.05) is 18.2 Å². The first-order valence-electron chi connectivity index (χ1n) is 11.5. The molecule has 1 fully saturated rings. The second-order valence-electron chi connectivity index (χ2n) is 8.36. The summed E-state index contributed by atoms with van der Waals surface area (Å²) in [6.45, 7) is 0.207. The summed E-state index contributed by atoms with van der Waals surface area (Å²) in [6.07, 6.45) is -3.23. The lowest BCUT2D eigenvalue weighted by atomic mass is 9.98. The zero-order valence-corrected chi connectivity index (χ0v) is 20.9. The largest absolute Gasteiger partial charge is 0.497 e.